The Labute approximate surface area is 132 Å². The summed E-state index contributed by atoms with van der Waals surface area (Å²) in [6.07, 6.45) is 0. The van der Waals surface area contributed by atoms with Gasteiger partial charge < -0.3 is 14.8 Å². The molecule has 1 N–H and O–H groups in total. The van der Waals surface area contributed by atoms with E-state index >= 15 is 0 Å². The third-order valence-electron chi connectivity index (χ3n) is 3.41. The summed E-state index contributed by atoms with van der Waals surface area (Å²) >= 11 is 0. The third-order valence-corrected chi connectivity index (χ3v) is 3.41. The van der Waals surface area contributed by atoms with Gasteiger partial charge in [0.2, 0.25) is 0 Å². The maximum atomic E-state index is 12.0. The number of hydrogen-bond acceptors (Lipinski definition) is 3. The number of rotatable bonds is 5. The lowest BCUT2D eigenvalue weighted by Gasteiger charge is -2.13. The number of anilines is 1. The number of nitrogens with one attached hydrogen (secondary N) is 1. The number of benzene rings is 2. The van der Waals surface area contributed by atoms with Crippen molar-refractivity contribution in [3.05, 3.63) is 53.1 Å². The summed E-state index contributed by atoms with van der Waals surface area (Å²) in [5, 5.41) is 2.86. The fourth-order valence-corrected chi connectivity index (χ4v) is 2.11. The summed E-state index contributed by atoms with van der Waals surface area (Å²) in [7, 11) is 1.63. The van der Waals surface area contributed by atoms with Gasteiger partial charge in [0, 0.05) is 7.11 Å². The van der Waals surface area contributed by atoms with E-state index in [4.69, 9.17) is 9.47 Å². The molecule has 0 heterocycles. The minimum Gasteiger partial charge on any atom is -0.496 e. The Morgan fingerprint density at radius 2 is 1.77 bits per heavy atom. The highest BCUT2D eigenvalue weighted by atomic mass is 16.5. The topological polar surface area (TPSA) is 47.6 Å². The molecule has 0 saturated carbocycles. The lowest BCUT2D eigenvalue weighted by atomic mass is 10.1. The van der Waals surface area contributed by atoms with E-state index in [0.717, 1.165) is 28.1 Å². The maximum Gasteiger partial charge on any atom is 0.262 e. The third kappa shape index (κ3) is 4.01. The standard InChI is InChI=1S/C18H21NO3.H2/c1-12-5-7-15(8-6-12)22-11-18(20)19-16-9-14(3)17(21-4)10-13(16)2;/h5-10H,11H2,1-4H3,(H,19,20);1H. The molecule has 0 unspecified atom stereocenters. The molecule has 22 heavy (non-hydrogen) atoms. The van der Waals surface area contributed by atoms with Crippen molar-refractivity contribution >= 4 is 11.6 Å². The number of carbonyl (C=O) groups excluding carboxylic acids is 1. The predicted molar refractivity (Wildman–Crippen MR) is 89.9 cm³/mol. The van der Waals surface area contributed by atoms with Gasteiger partial charge in [-0.15, -0.1) is 0 Å². The van der Waals surface area contributed by atoms with Gasteiger partial charge in [-0.05, 0) is 56.2 Å². The maximum absolute atomic E-state index is 12.0. The molecule has 4 nitrogen and oxygen atoms in total. The molecule has 0 aliphatic carbocycles. The molecule has 2 aromatic carbocycles. The van der Waals surface area contributed by atoms with E-state index in [2.05, 4.69) is 5.32 Å². The minimum atomic E-state index is -0.187. The van der Waals surface area contributed by atoms with Crippen LogP contribution in [0.15, 0.2) is 36.4 Å². The highest BCUT2D eigenvalue weighted by Crippen LogP contribution is 2.25. The SMILES string of the molecule is COc1cc(C)c(NC(=O)COc2ccc(C)cc2)cc1C.[HH]. The van der Waals surface area contributed by atoms with E-state index in [1.807, 2.05) is 57.2 Å². The molecule has 0 bridgehead atoms. The van der Waals surface area contributed by atoms with Crippen LogP contribution >= 0.6 is 0 Å². The summed E-state index contributed by atoms with van der Waals surface area (Å²) in [5.74, 6) is 1.31. The van der Waals surface area contributed by atoms with E-state index in [-0.39, 0.29) is 13.9 Å². The fourth-order valence-electron chi connectivity index (χ4n) is 2.11. The number of ether oxygens (including phenoxy) is 2. The molecule has 0 saturated heterocycles. The first-order valence-corrected chi connectivity index (χ1v) is 7.14. The van der Waals surface area contributed by atoms with Crippen LogP contribution < -0.4 is 14.8 Å². The van der Waals surface area contributed by atoms with Gasteiger partial charge in [0.25, 0.3) is 5.91 Å². The van der Waals surface area contributed by atoms with Crippen molar-refractivity contribution in [2.24, 2.45) is 0 Å². The number of carbonyl (C=O) groups is 1. The first kappa shape index (κ1) is 15.9. The van der Waals surface area contributed by atoms with Crippen LogP contribution in [0.5, 0.6) is 11.5 Å². The van der Waals surface area contributed by atoms with E-state index < -0.39 is 0 Å². The lowest BCUT2D eigenvalue weighted by molar-refractivity contribution is -0.118. The molecule has 2 rings (SSSR count). The Balaban J connectivity index is 0.00000264. The van der Waals surface area contributed by atoms with Gasteiger partial charge in [0.05, 0.1) is 7.11 Å². The number of amides is 1. The van der Waals surface area contributed by atoms with Gasteiger partial charge >= 0.3 is 0 Å². The minimum absolute atomic E-state index is 0. The summed E-state index contributed by atoms with van der Waals surface area (Å²) in [6.45, 7) is 5.86. The molecule has 0 spiro atoms. The summed E-state index contributed by atoms with van der Waals surface area (Å²) in [5.41, 5.74) is 3.85. The van der Waals surface area contributed by atoms with Crippen LogP contribution in [0.3, 0.4) is 0 Å². The molecule has 1 amide bonds. The van der Waals surface area contributed by atoms with Crippen LogP contribution in [0.4, 0.5) is 5.69 Å². The zero-order valence-electron chi connectivity index (χ0n) is 13.4. The lowest BCUT2D eigenvalue weighted by Crippen LogP contribution is -2.20. The van der Waals surface area contributed by atoms with E-state index in [1.165, 1.54) is 0 Å². The summed E-state index contributed by atoms with van der Waals surface area (Å²) in [4.78, 5) is 12.0. The highest BCUT2D eigenvalue weighted by Gasteiger charge is 2.09. The van der Waals surface area contributed by atoms with Crippen molar-refractivity contribution in [1.82, 2.24) is 0 Å². The molecule has 4 heteroatoms. The molecule has 118 valence electrons. The Morgan fingerprint density at radius 1 is 1.09 bits per heavy atom. The van der Waals surface area contributed by atoms with Crippen LogP contribution in [0.1, 0.15) is 18.1 Å². The average molecular weight is 301 g/mol. The van der Waals surface area contributed by atoms with Crippen LogP contribution in [-0.4, -0.2) is 19.6 Å². The van der Waals surface area contributed by atoms with E-state index in [9.17, 15) is 4.79 Å². The van der Waals surface area contributed by atoms with Crippen molar-refractivity contribution < 1.29 is 15.7 Å². The second kappa shape index (κ2) is 6.98. The zero-order chi connectivity index (χ0) is 16.1. The van der Waals surface area contributed by atoms with Crippen LogP contribution in [0.2, 0.25) is 0 Å². The van der Waals surface area contributed by atoms with Crippen molar-refractivity contribution in [2.45, 2.75) is 20.8 Å². The molecule has 0 aliphatic rings. The van der Waals surface area contributed by atoms with Crippen molar-refractivity contribution in [2.75, 3.05) is 19.0 Å². The average Bonchev–Trinajstić information content (AvgIpc) is 2.50. The molecule has 0 fully saturated rings. The predicted octanol–water partition coefficient (Wildman–Crippen LogP) is 3.88. The van der Waals surface area contributed by atoms with Crippen molar-refractivity contribution in [3.8, 4) is 11.5 Å². The number of aryl methyl sites for hydroxylation is 3. The first-order chi connectivity index (χ1) is 10.5. The Kier molecular flexibility index (Phi) is 5.04. The van der Waals surface area contributed by atoms with Gasteiger partial charge in [-0.2, -0.15) is 0 Å². The molecule has 0 aromatic heterocycles. The molecular weight excluding hydrogens is 278 g/mol. The zero-order valence-corrected chi connectivity index (χ0v) is 13.4. The summed E-state index contributed by atoms with van der Waals surface area (Å²) in [6, 6.07) is 11.4. The second-order valence-electron chi connectivity index (χ2n) is 5.29. The van der Waals surface area contributed by atoms with Crippen LogP contribution in [-0.2, 0) is 4.79 Å². The fraction of sp³-hybridized carbons (Fsp3) is 0.278. The first-order valence-electron chi connectivity index (χ1n) is 7.14. The largest absolute Gasteiger partial charge is 0.496 e. The number of methoxy groups -OCH3 is 1. The molecule has 0 aliphatic heterocycles. The van der Waals surface area contributed by atoms with Gasteiger partial charge in [0.1, 0.15) is 11.5 Å². The molecular formula is C18H23NO3. The quantitative estimate of drug-likeness (QED) is 0.911. The second-order valence-corrected chi connectivity index (χ2v) is 5.29. The summed E-state index contributed by atoms with van der Waals surface area (Å²) < 4.78 is 10.7. The number of hydrogen-bond donors (Lipinski definition) is 1. The monoisotopic (exact) mass is 301 g/mol. The van der Waals surface area contributed by atoms with E-state index in [1.54, 1.807) is 7.11 Å². The molecule has 0 atom stereocenters. The smallest absolute Gasteiger partial charge is 0.262 e. The van der Waals surface area contributed by atoms with Crippen LogP contribution in [0, 0.1) is 20.8 Å². The Hall–Kier alpha value is -2.49. The Morgan fingerprint density at radius 3 is 2.41 bits per heavy atom. The van der Waals surface area contributed by atoms with Gasteiger partial charge in [0.15, 0.2) is 6.61 Å². The highest BCUT2D eigenvalue weighted by molar-refractivity contribution is 5.92. The van der Waals surface area contributed by atoms with Gasteiger partial charge in [-0.1, -0.05) is 17.7 Å². The van der Waals surface area contributed by atoms with Crippen molar-refractivity contribution in [3.63, 3.8) is 0 Å². The van der Waals surface area contributed by atoms with Crippen molar-refractivity contribution in [1.29, 1.82) is 0 Å². The van der Waals surface area contributed by atoms with Gasteiger partial charge in [-0.3, -0.25) is 4.79 Å². The Bertz CT molecular complexity index is 669. The molecule has 0 radical (unpaired) electrons. The van der Waals surface area contributed by atoms with Gasteiger partial charge in [-0.25, -0.2) is 0 Å². The van der Waals surface area contributed by atoms with Crippen LogP contribution in [0.25, 0.3) is 0 Å². The normalized spacial score (nSPS) is 10.2. The molecule has 2 aromatic rings. The van der Waals surface area contributed by atoms with E-state index in [0.29, 0.717) is 5.75 Å².